The van der Waals surface area contributed by atoms with E-state index in [1.54, 1.807) is 25.6 Å². The highest BCUT2D eigenvalue weighted by molar-refractivity contribution is 6.20. The van der Waals surface area contributed by atoms with E-state index in [9.17, 15) is 4.79 Å². The Hall–Kier alpha value is -1.29. The van der Waals surface area contributed by atoms with Gasteiger partial charge in [-0.15, -0.1) is 11.6 Å². The first kappa shape index (κ1) is 12.2. The number of rotatable bonds is 2. The fraction of sp³-hybridized carbons (Fsp3) is 0.500. The molecule has 1 saturated heterocycles. The summed E-state index contributed by atoms with van der Waals surface area (Å²) in [6.07, 6.45) is 4.85. The summed E-state index contributed by atoms with van der Waals surface area (Å²) >= 11 is 6.02. The van der Waals surface area contributed by atoms with Crippen LogP contribution >= 0.6 is 11.6 Å². The van der Waals surface area contributed by atoms with Gasteiger partial charge >= 0.3 is 0 Å². The summed E-state index contributed by atoms with van der Waals surface area (Å²) < 4.78 is 5.14. The van der Waals surface area contributed by atoms with Crippen molar-refractivity contribution in [1.82, 2.24) is 9.88 Å². The molecule has 92 valence electrons. The fourth-order valence-electron chi connectivity index (χ4n) is 1.94. The van der Waals surface area contributed by atoms with Crippen molar-refractivity contribution in [3.8, 4) is 5.75 Å². The average molecular weight is 255 g/mol. The molecule has 17 heavy (non-hydrogen) atoms. The number of halogens is 1. The van der Waals surface area contributed by atoms with E-state index in [4.69, 9.17) is 16.3 Å². The van der Waals surface area contributed by atoms with E-state index in [1.165, 1.54) is 0 Å². The molecule has 0 saturated carbocycles. The summed E-state index contributed by atoms with van der Waals surface area (Å²) in [6, 6.07) is 1.69. The lowest BCUT2D eigenvalue weighted by atomic mass is 10.1. The minimum Gasteiger partial charge on any atom is -0.494 e. The van der Waals surface area contributed by atoms with Crippen LogP contribution in [0.4, 0.5) is 0 Å². The second-order valence-corrected chi connectivity index (χ2v) is 4.66. The summed E-state index contributed by atoms with van der Waals surface area (Å²) in [7, 11) is 1.54. The normalized spacial score (nSPS) is 16.9. The molecule has 0 radical (unpaired) electrons. The highest BCUT2D eigenvalue weighted by Crippen LogP contribution is 2.22. The van der Waals surface area contributed by atoms with Gasteiger partial charge < -0.3 is 9.64 Å². The number of methoxy groups -OCH3 is 1. The lowest BCUT2D eigenvalue weighted by Gasteiger charge is -2.29. The zero-order chi connectivity index (χ0) is 12.3. The number of amides is 1. The molecule has 0 N–H and O–H groups in total. The van der Waals surface area contributed by atoms with Crippen molar-refractivity contribution >= 4 is 17.5 Å². The molecule has 1 aromatic rings. The SMILES string of the molecule is COc1cnccc1C(=O)N1CCC(Cl)CC1. The molecule has 2 heterocycles. The van der Waals surface area contributed by atoms with Crippen molar-refractivity contribution in [3.05, 3.63) is 24.0 Å². The van der Waals surface area contributed by atoms with Crippen LogP contribution in [0.25, 0.3) is 0 Å². The molecule has 0 aliphatic carbocycles. The number of aromatic nitrogens is 1. The van der Waals surface area contributed by atoms with Crippen LogP contribution in [0.2, 0.25) is 0 Å². The molecular weight excluding hydrogens is 240 g/mol. The first-order valence-electron chi connectivity index (χ1n) is 5.63. The summed E-state index contributed by atoms with van der Waals surface area (Å²) in [5.74, 6) is 0.512. The van der Waals surface area contributed by atoms with Gasteiger partial charge in [0.05, 0.1) is 18.9 Å². The number of carbonyl (C=O) groups excluding carboxylic acids is 1. The standard InChI is InChI=1S/C12H15ClN2O2/c1-17-11-8-14-5-2-10(11)12(16)15-6-3-9(13)4-7-15/h2,5,8-9H,3-4,6-7H2,1H3. The van der Waals surface area contributed by atoms with E-state index >= 15 is 0 Å². The molecule has 0 spiro atoms. The molecule has 0 atom stereocenters. The average Bonchev–Trinajstić information content (AvgIpc) is 2.39. The minimum absolute atomic E-state index is 0.00665. The maximum atomic E-state index is 12.3. The summed E-state index contributed by atoms with van der Waals surface area (Å²) in [6.45, 7) is 1.41. The van der Waals surface area contributed by atoms with Gasteiger partial charge in [-0.3, -0.25) is 9.78 Å². The van der Waals surface area contributed by atoms with Gasteiger partial charge in [-0.25, -0.2) is 0 Å². The smallest absolute Gasteiger partial charge is 0.257 e. The molecule has 1 amide bonds. The lowest BCUT2D eigenvalue weighted by Crippen LogP contribution is -2.38. The second-order valence-electron chi connectivity index (χ2n) is 4.04. The lowest BCUT2D eigenvalue weighted by molar-refractivity contribution is 0.0723. The Bertz CT molecular complexity index is 403. The van der Waals surface area contributed by atoms with Gasteiger partial charge in [0.15, 0.2) is 0 Å². The number of hydrogen-bond donors (Lipinski definition) is 0. The van der Waals surface area contributed by atoms with Crippen molar-refractivity contribution in [1.29, 1.82) is 0 Å². The molecule has 0 bridgehead atoms. The summed E-state index contributed by atoms with van der Waals surface area (Å²) in [4.78, 5) is 18.0. The minimum atomic E-state index is -0.00665. The Labute approximate surface area is 106 Å². The number of likely N-dealkylation sites (tertiary alicyclic amines) is 1. The van der Waals surface area contributed by atoms with Crippen LogP contribution in [-0.4, -0.2) is 41.4 Å². The van der Waals surface area contributed by atoms with E-state index in [2.05, 4.69) is 4.98 Å². The number of piperidine rings is 1. The molecule has 1 aliphatic rings. The van der Waals surface area contributed by atoms with Crippen LogP contribution in [0.3, 0.4) is 0 Å². The third-order valence-electron chi connectivity index (χ3n) is 2.95. The maximum absolute atomic E-state index is 12.3. The van der Waals surface area contributed by atoms with Gasteiger partial charge in [-0.2, -0.15) is 0 Å². The first-order chi connectivity index (χ1) is 8.22. The number of carbonyl (C=O) groups is 1. The molecule has 0 aromatic carbocycles. The molecule has 2 rings (SSSR count). The predicted octanol–water partition coefficient (Wildman–Crippen LogP) is 1.93. The van der Waals surface area contributed by atoms with Crippen molar-refractivity contribution in [3.63, 3.8) is 0 Å². The number of hydrogen-bond acceptors (Lipinski definition) is 3. The van der Waals surface area contributed by atoms with Crippen molar-refractivity contribution in [2.45, 2.75) is 18.2 Å². The van der Waals surface area contributed by atoms with Gasteiger partial charge in [-0.05, 0) is 18.9 Å². The molecule has 5 heteroatoms. The second kappa shape index (κ2) is 5.36. The van der Waals surface area contributed by atoms with Gasteiger partial charge in [0, 0.05) is 24.7 Å². The van der Waals surface area contributed by atoms with Crippen LogP contribution in [0.1, 0.15) is 23.2 Å². The van der Waals surface area contributed by atoms with Crippen LogP contribution < -0.4 is 4.74 Å². The van der Waals surface area contributed by atoms with Gasteiger partial charge in [0.25, 0.3) is 5.91 Å². The highest BCUT2D eigenvalue weighted by atomic mass is 35.5. The Balaban J connectivity index is 2.14. The van der Waals surface area contributed by atoms with Crippen LogP contribution in [0.15, 0.2) is 18.5 Å². The van der Waals surface area contributed by atoms with Crippen LogP contribution in [0.5, 0.6) is 5.75 Å². The molecule has 1 fully saturated rings. The molecule has 0 unspecified atom stereocenters. The number of ether oxygens (including phenoxy) is 1. The van der Waals surface area contributed by atoms with Gasteiger partial charge in [0.1, 0.15) is 5.75 Å². The maximum Gasteiger partial charge on any atom is 0.257 e. The quantitative estimate of drug-likeness (QED) is 0.758. The van der Waals surface area contributed by atoms with E-state index in [0.29, 0.717) is 24.4 Å². The van der Waals surface area contributed by atoms with Crippen molar-refractivity contribution in [2.75, 3.05) is 20.2 Å². The van der Waals surface area contributed by atoms with Crippen molar-refractivity contribution in [2.24, 2.45) is 0 Å². The van der Waals surface area contributed by atoms with E-state index in [0.717, 1.165) is 12.8 Å². The Morgan fingerprint density at radius 2 is 2.24 bits per heavy atom. The topological polar surface area (TPSA) is 42.4 Å². The molecular formula is C12H15ClN2O2. The zero-order valence-corrected chi connectivity index (χ0v) is 10.5. The molecule has 4 nitrogen and oxygen atoms in total. The number of alkyl halides is 1. The molecule has 1 aromatic heterocycles. The monoisotopic (exact) mass is 254 g/mol. The fourth-order valence-corrected chi connectivity index (χ4v) is 2.14. The van der Waals surface area contributed by atoms with Gasteiger partial charge in [0.2, 0.25) is 0 Å². The largest absolute Gasteiger partial charge is 0.494 e. The zero-order valence-electron chi connectivity index (χ0n) is 9.73. The Morgan fingerprint density at radius 3 is 2.88 bits per heavy atom. The van der Waals surface area contributed by atoms with Gasteiger partial charge in [-0.1, -0.05) is 0 Å². The van der Waals surface area contributed by atoms with Crippen molar-refractivity contribution < 1.29 is 9.53 Å². The summed E-state index contributed by atoms with van der Waals surface area (Å²) in [5, 5.41) is 0.193. The Morgan fingerprint density at radius 1 is 1.53 bits per heavy atom. The van der Waals surface area contributed by atoms with Crippen LogP contribution in [0, 0.1) is 0 Å². The Kier molecular flexibility index (Phi) is 3.84. The van der Waals surface area contributed by atoms with E-state index in [1.807, 2.05) is 4.90 Å². The van der Waals surface area contributed by atoms with Crippen LogP contribution in [-0.2, 0) is 0 Å². The van der Waals surface area contributed by atoms with E-state index < -0.39 is 0 Å². The highest BCUT2D eigenvalue weighted by Gasteiger charge is 2.24. The third kappa shape index (κ3) is 2.69. The first-order valence-corrected chi connectivity index (χ1v) is 6.07. The number of nitrogens with zero attached hydrogens (tertiary/aromatic N) is 2. The summed E-state index contributed by atoms with van der Waals surface area (Å²) in [5.41, 5.74) is 0.565. The van der Waals surface area contributed by atoms with E-state index in [-0.39, 0.29) is 11.3 Å². The molecule has 1 aliphatic heterocycles. The third-order valence-corrected chi connectivity index (χ3v) is 3.38. The number of pyridine rings is 1. The predicted molar refractivity (Wildman–Crippen MR) is 65.6 cm³/mol.